The molecule has 0 spiro atoms. The lowest BCUT2D eigenvalue weighted by atomic mass is 10.2. The van der Waals surface area contributed by atoms with Crippen molar-refractivity contribution in [2.75, 3.05) is 13.7 Å². The number of hydrogen-bond acceptors (Lipinski definition) is 4. The van der Waals surface area contributed by atoms with Crippen molar-refractivity contribution in [3.63, 3.8) is 0 Å². The van der Waals surface area contributed by atoms with Crippen molar-refractivity contribution in [3.05, 3.63) is 36.0 Å². The van der Waals surface area contributed by atoms with Gasteiger partial charge in [-0.05, 0) is 25.1 Å². The summed E-state index contributed by atoms with van der Waals surface area (Å²) in [5, 5.41) is 0.979. The summed E-state index contributed by atoms with van der Waals surface area (Å²) in [7, 11) is 1.64. The van der Waals surface area contributed by atoms with Gasteiger partial charge in [0.2, 0.25) is 0 Å². The van der Waals surface area contributed by atoms with Crippen LogP contribution < -0.4 is 4.74 Å². The van der Waals surface area contributed by atoms with E-state index in [1.807, 2.05) is 31.2 Å². The molecule has 1 unspecified atom stereocenters. The summed E-state index contributed by atoms with van der Waals surface area (Å²) >= 11 is 0. The Morgan fingerprint density at radius 1 is 1.33 bits per heavy atom. The summed E-state index contributed by atoms with van der Waals surface area (Å²) in [5.74, 6) is 0.725. The summed E-state index contributed by atoms with van der Waals surface area (Å²) in [6, 6.07) is 9.20. The normalized spacial score (nSPS) is 12.3. The van der Waals surface area contributed by atoms with Gasteiger partial charge in [0.15, 0.2) is 6.29 Å². The van der Waals surface area contributed by atoms with Gasteiger partial charge in [-0.2, -0.15) is 0 Å². The molecule has 0 bridgehead atoms. The highest BCUT2D eigenvalue weighted by Gasteiger charge is 2.05. The number of ether oxygens (including phenoxy) is 2. The van der Waals surface area contributed by atoms with E-state index >= 15 is 0 Å². The average Bonchev–Trinajstić information content (AvgIpc) is 2.38. The van der Waals surface area contributed by atoms with Crippen LogP contribution in [-0.2, 0) is 4.74 Å². The Labute approximate surface area is 106 Å². The lowest BCUT2D eigenvalue weighted by molar-refractivity contribution is 0.0922. The van der Waals surface area contributed by atoms with Gasteiger partial charge in [0, 0.05) is 18.6 Å². The van der Waals surface area contributed by atoms with Crippen LogP contribution in [-0.4, -0.2) is 31.1 Å². The van der Waals surface area contributed by atoms with Crippen LogP contribution in [0.1, 0.15) is 17.4 Å². The molecule has 1 aromatic carbocycles. The summed E-state index contributed by atoms with van der Waals surface area (Å²) < 4.78 is 10.7. The van der Waals surface area contributed by atoms with Gasteiger partial charge in [-0.1, -0.05) is 6.07 Å². The van der Waals surface area contributed by atoms with E-state index in [0.29, 0.717) is 12.3 Å². The van der Waals surface area contributed by atoms with Crippen LogP contribution in [0.25, 0.3) is 10.9 Å². The predicted octanol–water partition coefficient (Wildman–Crippen LogP) is 2.46. The molecule has 0 aliphatic carbocycles. The molecule has 4 nitrogen and oxygen atoms in total. The van der Waals surface area contributed by atoms with Crippen LogP contribution in [0.3, 0.4) is 0 Å². The minimum absolute atomic E-state index is 0.0262. The number of methoxy groups -OCH3 is 1. The Balaban J connectivity index is 2.27. The Morgan fingerprint density at radius 3 is 2.83 bits per heavy atom. The van der Waals surface area contributed by atoms with Crippen molar-refractivity contribution in [1.82, 2.24) is 4.98 Å². The van der Waals surface area contributed by atoms with Crippen LogP contribution in [0.2, 0.25) is 0 Å². The molecule has 1 aromatic heterocycles. The van der Waals surface area contributed by atoms with Gasteiger partial charge in [-0.15, -0.1) is 0 Å². The SMILES string of the molecule is COCC(C)Oc1ccc2ccc(C=O)nc2c1. The largest absolute Gasteiger partial charge is 0.488 e. The summed E-state index contributed by atoms with van der Waals surface area (Å²) in [6.45, 7) is 2.46. The highest BCUT2D eigenvalue weighted by Crippen LogP contribution is 2.20. The van der Waals surface area contributed by atoms with Crippen LogP contribution in [0.15, 0.2) is 30.3 Å². The van der Waals surface area contributed by atoms with Crippen molar-refractivity contribution >= 4 is 17.2 Å². The number of pyridine rings is 1. The maximum absolute atomic E-state index is 10.7. The number of aldehydes is 1. The number of hydrogen-bond donors (Lipinski definition) is 0. The zero-order valence-electron chi connectivity index (χ0n) is 10.4. The lowest BCUT2D eigenvalue weighted by Crippen LogP contribution is -2.17. The smallest absolute Gasteiger partial charge is 0.168 e. The summed E-state index contributed by atoms with van der Waals surface area (Å²) in [6.07, 6.45) is 0.710. The van der Waals surface area contributed by atoms with E-state index in [1.54, 1.807) is 13.2 Å². The highest BCUT2D eigenvalue weighted by molar-refractivity contribution is 5.84. The highest BCUT2D eigenvalue weighted by atomic mass is 16.5. The van der Waals surface area contributed by atoms with E-state index in [1.165, 1.54) is 0 Å². The van der Waals surface area contributed by atoms with Gasteiger partial charge < -0.3 is 9.47 Å². The van der Waals surface area contributed by atoms with Crippen molar-refractivity contribution in [2.45, 2.75) is 13.0 Å². The molecular weight excluding hydrogens is 230 g/mol. The first-order valence-corrected chi connectivity index (χ1v) is 5.74. The molecule has 18 heavy (non-hydrogen) atoms. The second-order valence-corrected chi connectivity index (χ2v) is 4.09. The number of carbonyl (C=O) groups excluding carboxylic acids is 1. The number of benzene rings is 1. The van der Waals surface area contributed by atoms with Gasteiger partial charge in [0.05, 0.1) is 12.1 Å². The second-order valence-electron chi connectivity index (χ2n) is 4.09. The van der Waals surface area contributed by atoms with Crippen LogP contribution in [0.4, 0.5) is 0 Å². The van der Waals surface area contributed by atoms with Crippen LogP contribution >= 0.6 is 0 Å². The van der Waals surface area contributed by atoms with Gasteiger partial charge in [0.1, 0.15) is 17.5 Å². The molecule has 2 aromatic rings. The maximum Gasteiger partial charge on any atom is 0.168 e. The van der Waals surface area contributed by atoms with E-state index in [9.17, 15) is 4.79 Å². The van der Waals surface area contributed by atoms with Gasteiger partial charge >= 0.3 is 0 Å². The molecule has 0 N–H and O–H groups in total. The van der Waals surface area contributed by atoms with Crippen LogP contribution in [0, 0.1) is 0 Å². The summed E-state index contributed by atoms with van der Waals surface area (Å²) in [4.78, 5) is 14.9. The lowest BCUT2D eigenvalue weighted by Gasteiger charge is -2.13. The maximum atomic E-state index is 10.7. The van der Waals surface area contributed by atoms with Gasteiger partial charge in [-0.25, -0.2) is 4.98 Å². The average molecular weight is 245 g/mol. The van der Waals surface area contributed by atoms with E-state index < -0.39 is 0 Å². The van der Waals surface area contributed by atoms with Gasteiger partial charge in [0.25, 0.3) is 0 Å². The van der Waals surface area contributed by atoms with E-state index in [4.69, 9.17) is 9.47 Å². The topological polar surface area (TPSA) is 48.4 Å². The van der Waals surface area contributed by atoms with Crippen molar-refractivity contribution in [3.8, 4) is 5.75 Å². The Hall–Kier alpha value is -1.94. The quantitative estimate of drug-likeness (QED) is 0.759. The molecule has 2 rings (SSSR count). The molecule has 0 saturated carbocycles. The third-order valence-electron chi connectivity index (χ3n) is 2.54. The fourth-order valence-corrected chi connectivity index (χ4v) is 1.75. The Morgan fingerprint density at radius 2 is 2.11 bits per heavy atom. The molecule has 0 fully saturated rings. The molecule has 4 heteroatoms. The number of nitrogens with zero attached hydrogens (tertiary/aromatic N) is 1. The van der Waals surface area contributed by atoms with E-state index in [-0.39, 0.29) is 6.10 Å². The molecular formula is C14H15NO3. The molecule has 0 aliphatic rings. The number of fused-ring (bicyclic) bond motifs is 1. The third-order valence-corrected chi connectivity index (χ3v) is 2.54. The molecule has 0 amide bonds. The predicted molar refractivity (Wildman–Crippen MR) is 69.1 cm³/mol. The second kappa shape index (κ2) is 5.60. The molecule has 94 valence electrons. The monoisotopic (exact) mass is 245 g/mol. The number of rotatable bonds is 5. The third kappa shape index (κ3) is 2.84. The summed E-state index contributed by atoms with van der Waals surface area (Å²) in [5.41, 5.74) is 1.17. The fraction of sp³-hybridized carbons (Fsp3) is 0.286. The number of carbonyl (C=O) groups is 1. The zero-order valence-corrected chi connectivity index (χ0v) is 10.4. The Bertz CT molecular complexity index is 554. The number of aromatic nitrogens is 1. The fourth-order valence-electron chi connectivity index (χ4n) is 1.75. The molecule has 1 atom stereocenters. The minimum Gasteiger partial charge on any atom is -0.488 e. The Kier molecular flexibility index (Phi) is 3.89. The standard InChI is InChI=1S/C14H15NO3/c1-10(9-17-2)18-13-6-4-11-3-5-12(8-16)15-14(11)7-13/h3-8,10H,9H2,1-2H3. The molecule has 1 heterocycles. The molecule has 0 aliphatic heterocycles. The first-order chi connectivity index (χ1) is 8.72. The molecule has 0 radical (unpaired) electrons. The van der Waals surface area contributed by atoms with Gasteiger partial charge in [-0.3, -0.25) is 4.79 Å². The first-order valence-electron chi connectivity index (χ1n) is 5.74. The van der Waals surface area contributed by atoms with Crippen molar-refractivity contribution < 1.29 is 14.3 Å². The van der Waals surface area contributed by atoms with Crippen LogP contribution in [0.5, 0.6) is 5.75 Å². The zero-order chi connectivity index (χ0) is 13.0. The van der Waals surface area contributed by atoms with Crippen molar-refractivity contribution in [2.24, 2.45) is 0 Å². The minimum atomic E-state index is -0.0262. The van der Waals surface area contributed by atoms with Crippen molar-refractivity contribution in [1.29, 1.82) is 0 Å². The first kappa shape index (κ1) is 12.5. The van der Waals surface area contributed by atoms with E-state index in [0.717, 1.165) is 22.9 Å². The van der Waals surface area contributed by atoms with E-state index in [2.05, 4.69) is 4.98 Å². The molecule has 0 saturated heterocycles.